The molecular weight excluding hydrogens is 679 g/mol. The van der Waals surface area contributed by atoms with Crippen LogP contribution in [0.25, 0.3) is 0 Å². The number of hydrogen-bond acceptors (Lipinski definition) is 11. The number of methoxy groups -OCH3 is 1. The second kappa shape index (κ2) is 28.8. The van der Waals surface area contributed by atoms with Crippen LogP contribution in [0.3, 0.4) is 0 Å². The van der Waals surface area contributed by atoms with Crippen LogP contribution >= 0.6 is 8.60 Å². The Balaban J connectivity index is 1.69. The molecular formula is C39H65N6O6P. The van der Waals surface area contributed by atoms with Crippen LogP contribution in [-0.4, -0.2) is 59.8 Å². The molecule has 0 aromatic carbocycles. The quantitative estimate of drug-likeness (QED) is 0.0367. The molecule has 5 N–H and O–H groups in total. The van der Waals surface area contributed by atoms with Crippen molar-refractivity contribution >= 4 is 8.60 Å². The molecule has 2 unspecified atom stereocenters. The van der Waals surface area contributed by atoms with E-state index in [4.69, 9.17) is 34.8 Å². The van der Waals surface area contributed by atoms with Gasteiger partial charge in [0.25, 0.3) is 0 Å². The van der Waals surface area contributed by atoms with Crippen LogP contribution in [0.5, 0.6) is 0 Å². The zero-order valence-electron chi connectivity index (χ0n) is 31.8. The zero-order chi connectivity index (χ0) is 37.7. The lowest BCUT2D eigenvalue weighted by Gasteiger charge is -2.26. The Morgan fingerprint density at radius 3 is 2.06 bits per heavy atom. The maximum atomic E-state index is 10.6. The van der Waals surface area contributed by atoms with Crippen molar-refractivity contribution in [3.8, 4) is 12.1 Å². The van der Waals surface area contributed by atoms with Crippen LogP contribution < -0.4 is 11.6 Å². The second-order valence-electron chi connectivity index (χ2n) is 13.5. The molecule has 0 saturated carbocycles. The SMILES string of the molecule is CCCCCCCCCCCCCCCCCCOCC(COP(O)OC[C@](C#N)(CCc1ccc(CN)n1N)OC)OCc1cncc(C#N)c1. The van der Waals surface area contributed by atoms with Crippen molar-refractivity contribution in [1.82, 2.24) is 9.66 Å². The second-order valence-corrected chi connectivity index (χ2v) is 14.5. The topological polar surface area (TPSA) is 184 Å². The molecule has 13 heteroatoms. The van der Waals surface area contributed by atoms with Gasteiger partial charge in [0.05, 0.1) is 37.7 Å². The van der Waals surface area contributed by atoms with Gasteiger partial charge in [0.1, 0.15) is 18.2 Å². The molecule has 2 heterocycles. The molecule has 2 aromatic rings. The molecule has 0 radical (unpaired) electrons. The summed E-state index contributed by atoms with van der Waals surface area (Å²) in [6.45, 7) is 3.43. The van der Waals surface area contributed by atoms with Crippen molar-refractivity contribution in [3.63, 3.8) is 0 Å². The Kier molecular flexibility index (Phi) is 25.2. The fraction of sp³-hybridized carbons (Fsp3) is 0.718. The lowest BCUT2D eigenvalue weighted by atomic mass is 9.99. The molecule has 0 aliphatic carbocycles. The zero-order valence-corrected chi connectivity index (χ0v) is 32.7. The molecule has 292 valence electrons. The third-order valence-electron chi connectivity index (χ3n) is 9.31. The minimum atomic E-state index is -2.34. The highest BCUT2D eigenvalue weighted by Crippen LogP contribution is 2.35. The number of nitrogen functional groups attached to an aromatic ring is 1. The third kappa shape index (κ3) is 19.4. The van der Waals surface area contributed by atoms with E-state index in [-0.39, 0.29) is 32.8 Å². The van der Waals surface area contributed by atoms with E-state index < -0.39 is 20.3 Å². The minimum absolute atomic E-state index is 0.00161. The van der Waals surface area contributed by atoms with Gasteiger partial charge in [-0.25, -0.2) is 0 Å². The van der Waals surface area contributed by atoms with E-state index in [1.54, 1.807) is 12.3 Å². The Labute approximate surface area is 314 Å². The van der Waals surface area contributed by atoms with Gasteiger partial charge in [0.2, 0.25) is 0 Å². The minimum Gasteiger partial charge on any atom is -0.379 e. The first-order valence-corrected chi connectivity index (χ1v) is 20.4. The summed E-state index contributed by atoms with van der Waals surface area (Å²) in [7, 11) is -0.913. The molecule has 2 aromatic heterocycles. The van der Waals surface area contributed by atoms with Gasteiger partial charge in [-0.3, -0.25) is 9.66 Å². The normalized spacial score (nSPS) is 13.7. The predicted octanol–water partition coefficient (Wildman–Crippen LogP) is 7.88. The summed E-state index contributed by atoms with van der Waals surface area (Å²) < 4.78 is 30.2. The highest BCUT2D eigenvalue weighted by atomic mass is 31.2. The van der Waals surface area contributed by atoms with Crippen LogP contribution in [0.4, 0.5) is 0 Å². The van der Waals surface area contributed by atoms with E-state index in [1.807, 2.05) is 12.1 Å². The van der Waals surface area contributed by atoms with Gasteiger partial charge in [-0.05, 0) is 43.0 Å². The van der Waals surface area contributed by atoms with Crippen molar-refractivity contribution in [2.24, 2.45) is 5.73 Å². The average Bonchev–Trinajstić information content (AvgIpc) is 3.54. The maximum absolute atomic E-state index is 10.6. The summed E-state index contributed by atoms with van der Waals surface area (Å²) in [6, 6.07) is 9.67. The first-order valence-electron chi connectivity index (χ1n) is 19.3. The number of pyridine rings is 1. The van der Waals surface area contributed by atoms with E-state index in [2.05, 4.69) is 24.0 Å². The number of aromatic nitrogens is 2. The number of ether oxygens (including phenoxy) is 3. The molecule has 0 aliphatic heterocycles. The molecule has 0 bridgehead atoms. The molecule has 3 atom stereocenters. The van der Waals surface area contributed by atoms with E-state index in [9.17, 15) is 15.4 Å². The predicted molar refractivity (Wildman–Crippen MR) is 205 cm³/mol. The van der Waals surface area contributed by atoms with Crippen LogP contribution in [0.1, 0.15) is 139 Å². The number of unbranched alkanes of at least 4 members (excludes halogenated alkanes) is 15. The van der Waals surface area contributed by atoms with E-state index in [0.717, 1.165) is 29.8 Å². The van der Waals surface area contributed by atoms with Crippen LogP contribution in [0.15, 0.2) is 30.6 Å². The van der Waals surface area contributed by atoms with Gasteiger partial charge in [0.15, 0.2) is 5.60 Å². The highest BCUT2D eigenvalue weighted by Gasteiger charge is 2.32. The number of nitriles is 2. The lowest BCUT2D eigenvalue weighted by molar-refractivity contribution is -0.0511. The highest BCUT2D eigenvalue weighted by molar-refractivity contribution is 7.40. The van der Waals surface area contributed by atoms with Gasteiger partial charge in [-0.2, -0.15) is 10.5 Å². The summed E-state index contributed by atoms with van der Waals surface area (Å²) in [4.78, 5) is 14.7. The van der Waals surface area contributed by atoms with Crippen LogP contribution in [0.2, 0.25) is 0 Å². The molecule has 52 heavy (non-hydrogen) atoms. The molecule has 12 nitrogen and oxygen atoms in total. The summed E-state index contributed by atoms with van der Waals surface area (Å²) in [5.41, 5.74) is 7.16. The van der Waals surface area contributed by atoms with Crippen molar-refractivity contribution in [2.75, 3.05) is 39.4 Å². The Morgan fingerprint density at radius 2 is 1.50 bits per heavy atom. The van der Waals surface area contributed by atoms with Crippen LogP contribution in [-0.2, 0) is 42.8 Å². The Morgan fingerprint density at radius 1 is 0.885 bits per heavy atom. The van der Waals surface area contributed by atoms with Gasteiger partial charge in [0, 0.05) is 38.3 Å². The third-order valence-corrected chi connectivity index (χ3v) is 10.0. The van der Waals surface area contributed by atoms with Crippen molar-refractivity contribution in [2.45, 2.75) is 147 Å². The summed E-state index contributed by atoms with van der Waals surface area (Å²) in [6.07, 6.45) is 24.4. The summed E-state index contributed by atoms with van der Waals surface area (Å²) >= 11 is 0. The molecule has 0 spiro atoms. The Bertz CT molecular complexity index is 1290. The summed E-state index contributed by atoms with van der Waals surface area (Å²) in [5.74, 6) is 6.09. The lowest BCUT2D eigenvalue weighted by Crippen LogP contribution is -2.36. The first-order chi connectivity index (χ1) is 25.4. The average molecular weight is 745 g/mol. The van der Waals surface area contributed by atoms with Crippen molar-refractivity contribution in [1.29, 1.82) is 10.5 Å². The number of aryl methyl sites for hydroxylation is 1. The number of nitrogens with two attached hydrogens (primary N) is 2. The molecule has 0 amide bonds. The van der Waals surface area contributed by atoms with E-state index >= 15 is 0 Å². The van der Waals surface area contributed by atoms with Gasteiger partial charge in [-0.15, -0.1) is 0 Å². The van der Waals surface area contributed by atoms with Crippen LogP contribution in [0, 0.1) is 22.7 Å². The molecule has 0 aliphatic rings. The number of hydrogen-bond donors (Lipinski definition) is 3. The van der Waals surface area contributed by atoms with E-state index in [1.165, 1.54) is 108 Å². The summed E-state index contributed by atoms with van der Waals surface area (Å²) in [5, 5.41) is 19.1. The fourth-order valence-corrected chi connectivity index (χ4v) is 6.59. The monoisotopic (exact) mass is 744 g/mol. The smallest absolute Gasteiger partial charge is 0.330 e. The number of rotatable bonds is 33. The van der Waals surface area contributed by atoms with Gasteiger partial charge in [-0.1, -0.05) is 103 Å². The molecule has 0 fully saturated rings. The number of nitrogens with zero attached hydrogens (tertiary/aromatic N) is 4. The fourth-order valence-electron chi connectivity index (χ4n) is 5.90. The first kappa shape index (κ1) is 45.5. The largest absolute Gasteiger partial charge is 0.379 e. The van der Waals surface area contributed by atoms with Crippen molar-refractivity contribution in [3.05, 3.63) is 53.1 Å². The van der Waals surface area contributed by atoms with E-state index in [0.29, 0.717) is 25.1 Å². The van der Waals surface area contributed by atoms with Gasteiger partial charge < -0.3 is 39.7 Å². The van der Waals surface area contributed by atoms with Gasteiger partial charge >= 0.3 is 8.60 Å². The maximum Gasteiger partial charge on any atom is 0.330 e. The Hall–Kier alpha value is -2.64. The molecule has 2 rings (SSSR count). The molecule has 0 saturated heterocycles. The standard InChI is InChI=1S/C39H65N6O6P/c1-3-4-5-6-7-8-9-10-11-12-13-14-15-16-17-18-23-48-30-38(49-29-35-24-34(25-40)27-44-28-35)31-50-52(46)51-33-39(32-42,47-2)22-21-36-19-20-37(26-41)45(36)43/h19-20,24,27-28,38,46H,3-18,21-23,26,29-31,33,41,43H2,1-2H3/t38?,39-,52?/m1/s1. The van der Waals surface area contributed by atoms with Crippen molar-refractivity contribution < 1.29 is 28.2 Å².